The second-order valence-corrected chi connectivity index (χ2v) is 6.39. The van der Waals surface area contributed by atoms with E-state index in [0.29, 0.717) is 39.3 Å². The van der Waals surface area contributed by atoms with Gasteiger partial charge in [-0.05, 0) is 25.5 Å². The highest BCUT2D eigenvalue weighted by molar-refractivity contribution is 6.32. The Kier molecular flexibility index (Phi) is 3.95. The van der Waals surface area contributed by atoms with Gasteiger partial charge < -0.3 is 10.6 Å². The molecule has 0 spiro atoms. The van der Waals surface area contributed by atoms with E-state index in [1.807, 2.05) is 20.2 Å². The average Bonchev–Trinajstić information content (AvgIpc) is 3.18. The third-order valence-corrected chi connectivity index (χ3v) is 4.49. The lowest BCUT2D eigenvalue weighted by molar-refractivity contribution is -0.110. The first kappa shape index (κ1) is 16.9. The summed E-state index contributed by atoms with van der Waals surface area (Å²) in [6, 6.07) is 1.78. The Bertz CT molecular complexity index is 1100. The smallest absolute Gasteiger partial charge is 0.258 e. The molecule has 0 saturated heterocycles. The summed E-state index contributed by atoms with van der Waals surface area (Å²) in [4.78, 5) is 20.8. The molecule has 4 rings (SSSR count). The summed E-state index contributed by atoms with van der Waals surface area (Å²) in [6.07, 6.45) is 7.82. The minimum atomic E-state index is -0.394. The number of hydrogen-bond donors (Lipinski definition) is 2. The number of aryl methyl sites for hydroxylation is 1. The standard InChI is InChI=1S/C19H17FN6O/c1-10-14(6-21-7-15(10)20)16-4-13-17(8-22-16)25-19(27)18(13)11(2)24-12-5-23-26(3)9-12/h4-9,24H,1-3H3,(H,25,27). The highest BCUT2D eigenvalue weighted by Crippen LogP contribution is 2.36. The van der Waals surface area contributed by atoms with Crippen LogP contribution in [0, 0.1) is 12.7 Å². The van der Waals surface area contributed by atoms with E-state index in [2.05, 4.69) is 25.7 Å². The Morgan fingerprint density at radius 1 is 1.22 bits per heavy atom. The van der Waals surface area contributed by atoms with Crippen LogP contribution in [0.15, 0.2) is 42.7 Å². The Balaban J connectivity index is 1.79. The molecule has 3 aromatic rings. The van der Waals surface area contributed by atoms with Gasteiger partial charge in [0.25, 0.3) is 5.91 Å². The zero-order valence-corrected chi connectivity index (χ0v) is 15.0. The van der Waals surface area contributed by atoms with E-state index in [1.165, 1.54) is 6.20 Å². The first-order chi connectivity index (χ1) is 12.9. The van der Waals surface area contributed by atoms with Crippen LogP contribution in [0.3, 0.4) is 0 Å². The van der Waals surface area contributed by atoms with Crippen LogP contribution in [0.5, 0.6) is 0 Å². The minimum Gasteiger partial charge on any atom is -0.356 e. The summed E-state index contributed by atoms with van der Waals surface area (Å²) in [5.41, 5.74) is 4.92. The maximum absolute atomic E-state index is 13.9. The van der Waals surface area contributed by atoms with Gasteiger partial charge in [-0.3, -0.25) is 19.4 Å². The van der Waals surface area contributed by atoms with Crippen molar-refractivity contribution in [3.63, 3.8) is 0 Å². The molecular weight excluding hydrogens is 347 g/mol. The number of anilines is 2. The molecule has 0 aromatic carbocycles. The van der Waals surface area contributed by atoms with Crippen molar-refractivity contribution in [1.29, 1.82) is 0 Å². The zero-order chi connectivity index (χ0) is 19.1. The van der Waals surface area contributed by atoms with E-state index in [0.717, 1.165) is 5.69 Å². The number of rotatable bonds is 3. The first-order valence-electron chi connectivity index (χ1n) is 8.33. The molecule has 136 valence electrons. The average molecular weight is 364 g/mol. The summed E-state index contributed by atoms with van der Waals surface area (Å²) in [6.45, 7) is 3.50. The minimum absolute atomic E-state index is 0.216. The number of halogens is 1. The third-order valence-electron chi connectivity index (χ3n) is 4.49. The maximum atomic E-state index is 13.9. The third kappa shape index (κ3) is 2.95. The van der Waals surface area contributed by atoms with Gasteiger partial charge in [-0.25, -0.2) is 4.39 Å². The van der Waals surface area contributed by atoms with Crippen LogP contribution in [-0.4, -0.2) is 25.7 Å². The lowest BCUT2D eigenvalue weighted by Crippen LogP contribution is -2.08. The zero-order valence-electron chi connectivity index (χ0n) is 15.0. The summed E-state index contributed by atoms with van der Waals surface area (Å²) < 4.78 is 15.5. The van der Waals surface area contributed by atoms with Crippen LogP contribution in [0.1, 0.15) is 18.1 Å². The number of nitrogens with one attached hydrogen (secondary N) is 2. The van der Waals surface area contributed by atoms with Crippen molar-refractivity contribution in [2.24, 2.45) is 7.05 Å². The lowest BCUT2D eigenvalue weighted by Gasteiger charge is -2.09. The molecule has 0 aliphatic carbocycles. The van der Waals surface area contributed by atoms with Crippen molar-refractivity contribution < 1.29 is 9.18 Å². The number of fused-ring (bicyclic) bond motifs is 1. The van der Waals surface area contributed by atoms with Gasteiger partial charge in [0.05, 0.1) is 41.2 Å². The first-order valence-corrected chi connectivity index (χ1v) is 8.33. The summed E-state index contributed by atoms with van der Waals surface area (Å²) in [7, 11) is 1.82. The van der Waals surface area contributed by atoms with Crippen molar-refractivity contribution in [2.75, 3.05) is 10.6 Å². The van der Waals surface area contributed by atoms with Crippen LogP contribution in [0.25, 0.3) is 16.8 Å². The molecule has 0 unspecified atom stereocenters. The normalized spacial score (nSPS) is 14.7. The molecule has 8 heteroatoms. The SMILES string of the molecule is CC(Nc1cnn(C)c1)=C1C(=O)Nc2cnc(-c3cncc(F)c3C)cc21. The molecule has 0 fully saturated rings. The van der Waals surface area contributed by atoms with Gasteiger partial charge in [0.1, 0.15) is 5.82 Å². The van der Waals surface area contributed by atoms with E-state index in [-0.39, 0.29) is 5.91 Å². The van der Waals surface area contributed by atoms with E-state index < -0.39 is 5.82 Å². The monoisotopic (exact) mass is 364 g/mol. The molecule has 0 bridgehead atoms. The van der Waals surface area contributed by atoms with Gasteiger partial charge in [0.15, 0.2) is 0 Å². The van der Waals surface area contributed by atoms with Gasteiger partial charge >= 0.3 is 0 Å². The molecule has 1 aliphatic heterocycles. The Labute approximate surface area is 155 Å². The fourth-order valence-electron chi connectivity index (χ4n) is 3.11. The topological polar surface area (TPSA) is 84.7 Å². The fourth-order valence-corrected chi connectivity index (χ4v) is 3.11. The van der Waals surface area contributed by atoms with Crippen LogP contribution in [-0.2, 0) is 11.8 Å². The molecule has 0 atom stereocenters. The molecule has 0 saturated carbocycles. The predicted octanol–water partition coefficient (Wildman–Crippen LogP) is 3.12. The van der Waals surface area contributed by atoms with Crippen LogP contribution >= 0.6 is 0 Å². The molecule has 7 nitrogen and oxygen atoms in total. The van der Waals surface area contributed by atoms with E-state index in [4.69, 9.17) is 0 Å². The van der Waals surface area contributed by atoms with Crippen molar-refractivity contribution in [2.45, 2.75) is 13.8 Å². The quantitative estimate of drug-likeness (QED) is 0.698. The molecule has 1 amide bonds. The number of carbonyl (C=O) groups is 1. The molecule has 27 heavy (non-hydrogen) atoms. The van der Waals surface area contributed by atoms with E-state index in [9.17, 15) is 9.18 Å². The van der Waals surface area contributed by atoms with Crippen LogP contribution < -0.4 is 10.6 Å². The van der Waals surface area contributed by atoms with Gasteiger partial charge in [-0.15, -0.1) is 0 Å². The van der Waals surface area contributed by atoms with Crippen LogP contribution in [0.4, 0.5) is 15.8 Å². The number of hydrogen-bond acceptors (Lipinski definition) is 5. The number of aromatic nitrogens is 4. The summed E-state index contributed by atoms with van der Waals surface area (Å²) >= 11 is 0. The highest BCUT2D eigenvalue weighted by Gasteiger charge is 2.28. The van der Waals surface area contributed by atoms with Gasteiger partial charge in [0, 0.05) is 36.3 Å². The molecule has 3 aromatic heterocycles. The van der Waals surface area contributed by atoms with E-state index in [1.54, 1.807) is 36.3 Å². The molecule has 1 aliphatic rings. The van der Waals surface area contributed by atoms with Crippen molar-refractivity contribution >= 4 is 22.9 Å². The number of carbonyl (C=O) groups excluding carboxylic acids is 1. The Morgan fingerprint density at radius 2 is 2.04 bits per heavy atom. The number of allylic oxidation sites excluding steroid dienone is 1. The van der Waals surface area contributed by atoms with Gasteiger partial charge in [0.2, 0.25) is 0 Å². The van der Waals surface area contributed by atoms with Crippen molar-refractivity contribution in [3.8, 4) is 11.3 Å². The molecule has 4 heterocycles. The second kappa shape index (κ2) is 6.31. The summed E-state index contributed by atoms with van der Waals surface area (Å²) in [5, 5.41) is 10.1. The number of amides is 1. The Hall–Kier alpha value is -3.55. The fraction of sp³-hybridized carbons (Fsp3) is 0.158. The maximum Gasteiger partial charge on any atom is 0.258 e. The van der Waals surface area contributed by atoms with Crippen LogP contribution in [0.2, 0.25) is 0 Å². The molecular formula is C19H17FN6O. The number of nitrogens with zero attached hydrogens (tertiary/aromatic N) is 4. The van der Waals surface area contributed by atoms with Crippen molar-refractivity contribution in [1.82, 2.24) is 19.7 Å². The molecule has 0 radical (unpaired) electrons. The lowest BCUT2D eigenvalue weighted by atomic mass is 10.0. The Morgan fingerprint density at radius 3 is 2.78 bits per heavy atom. The highest BCUT2D eigenvalue weighted by atomic mass is 19.1. The summed E-state index contributed by atoms with van der Waals surface area (Å²) in [5.74, 6) is -0.610. The number of pyridine rings is 2. The largest absolute Gasteiger partial charge is 0.356 e. The van der Waals surface area contributed by atoms with Crippen molar-refractivity contribution in [3.05, 3.63) is 59.7 Å². The van der Waals surface area contributed by atoms with Gasteiger partial charge in [-0.1, -0.05) is 0 Å². The van der Waals surface area contributed by atoms with E-state index >= 15 is 0 Å². The molecule has 2 N–H and O–H groups in total. The predicted molar refractivity (Wildman–Crippen MR) is 100 cm³/mol. The van der Waals surface area contributed by atoms with Gasteiger partial charge in [-0.2, -0.15) is 5.10 Å². The second-order valence-electron chi connectivity index (χ2n) is 6.39.